The number of esters is 1. The number of benzene rings is 1. The summed E-state index contributed by atoms with van der Waals surface area (Å²) in [6, 6.07) is 12.7. The van der Waals surface area contributed by atoms with Crippen molar-refractivity contribution in [1.82, 2.24) is 14.4 Å². The second kappa shape index (κ2) is 9.31. The maximum atomic E-state index is 11.8. The van der Waals surface area contributed by atoms with Gasteiger partial charge in [-0.15, -0.1) is 0 Å². The number of nitrogens with zero attached hydrogens (tertiary/aromatic N) is 3. The van der Waals surface area contributed by atoms with Gasteiger partial charge in [-0.1, -0.05) is 55.5 Å². The SMILES string of the molecule is CCC(CC)Nc1ncc(-c2cc(-c3ccccc3)c3nc(CC(=O)OC)cn3c2)s1. The van der Waals surface area contributed by atoms with Gasteiger partial charge in [0.2, 0.25) is 0 Å². The van der Waals surface area contributed by atoms with Crippen molar-refractivity contribution in [2.45, 2.75) is 39.2 Å². The smallest absolute Gasteiger partial charge is 0.311 e. The number of pyridine rings is 1. The average Bonchev–Trinajstić information content (AvgIpc) is 3.43. The van der Waals surface area contributed by atoms with Crippen molar-refractivity contribution in [3.63, 3.8) is 0 Å². The fraction of sp³-hybridized carbons (Fsp3) is 0.292. The lowest BCUT2D eigenvalue weighted by Crippen LogP contribution is -2.16. The number of aromatic nitrogens is 3. The van der Waals surface area contributed by atoms with Crippen molar-refractivity contribution < 1.29 is 9.53 Å². The zero-order valence-electron chi connectivity index (χ0n) is 18.0. The number of rotatable bonds is 8. The van der Waals surface area contributed by atoms with Gasteiger partial charge in [0.15, 0.2) is 5.13 Å². The molecule has 0 aliphatic carbocycles. The predicted octanol–water partition coefficient (Wildman–Crippen LogP) is 5.44. The second-order valence-corrected chi connectivity index (χ2v) is 8.44. The molecule has 3 heterocycles. The fourth-order valence-electron chi connectivity index (χ4n) is 3.56. The Kier molecular flexibility index (Phi) is 6.32. The summed E-state index contributed by atoms with van der Waals surface area (Å²) in [7, 11) is 1.39. The standard InChI is InChI=1S/C24H26N4O2S/c1-4-18(5-2)27-24-25-13-21(31-24)17-11-20(16-9-7-6-8-10-16)23-26-19(12-22(29)30-3)15-28(23)14-17/h6-11,13-15,18H,4-5,12H2,1-3H3,(H,25,27). The minimum Gasteiger partial charge on any atom is -0.469 e. The first-order chi connectivity index (χ1) is 15.1. The highest BCUT2D eigenvalue weighted by atomic mass is 32.1. The molecule has 0 bridgehead atoms. The summed E-state index contributed by atoms with van der Waals surface area (Å²) in [5.41, 5.74) is 4.64. The van der Waals surface area contributed by atoms with E-state index in [1.54, 1.807) is 11.3 Å². The molecule has 7 heteroatoms. The van der Waals surface area contributed by atoms with E-state index < -0.39 is 0 Å². The average molecular weight is 435 g/mol. The van der Waals surface area contributed by atoms with Crippen molar-refractivity contribution in [2.75, 3.05) is 12.4 Å². The first-order valence-corrected chi connectivity index (χ1v) is 11.3. The predicted molar refractivity (Wildman–Crippen MR) is 125 cm³/mol. The van der Waals surface area contributed by atoms with Crippen LogP contribution in [-0.2, 0) is 16.0 Å². The molecule has 1 N–H and O–H groups in total. The van der Waals surface area contributed by atoms with Crippen LogP contribution < -0.4 is 5.32 Å². The van der Waals surface area contributed by atoms with Crippen LogP contribution in [0.3, 0.4) is 0 Å². The lowest BCUT2D eigenvalue weighted by Gasteiger charge is -2.12. The van der Waals surface area contributed by atoms with Crippen LogP contribution in [0, 0.1) is 0 Å². The van der Waals surface area contributed by atoms with Gasteiger partial charge in [-0.05, 0) is 24.5 Å². The van der Waals surface area contributed by atoms with Gasteiger partial charge in [0, 0.05) is 35.8 Å². The maximum Gasteiger partial charge on any atom is 0.311 e. The maximum absolute atomic E-state index is 11.8. The minimum absolute atomic E-state index is 0.145. The monoisotopic (exact) mass is 434 g/mol. The summed E-state index contributed by atoms with van der Waals surface area (Å²) in [4.78, 5) is 22.1. The number of hydrogen-bond acceptors (Lipinski definition) is 6. The topological polar surface area (TPSA) is 68.5 Å². The van der Waals surface area contributed by atoms with Gasteiger partial charge in [0.05, 0.1) is 24.1 Å². The third kappa shape index (κ3) is 4.61. The van der Waals surface area contributed by atoms with Crippen LogP contribution >= 0.6 is 11.3 Å². The Morgan fingerprint density at radius 3 is 2.65 bits per heavy atom. The summed E-state index contributed by atoms with van der Waals surface area (Å²) in [5.74, 6) is -0.301. The van der Waals surface area contributed by atoms with Crippen LogP contribution in [0.4, 0.5) is 5.13 Å². The number of hydrogen-bond donors (Lipinski definition) is 1. The molecule has 3 aromatic heterocycles. The molecule has 1 aromatic carbocycles. The van der Waals surface area contributed by atoms with Gasteiger partial charge in [-0.2, -0.15) is 0 Å². The van der Waals surface area contributed by atoms with Gasteiger partial charge in [0.1, 0.15) is 5.65 Å². The van der Waals surface area contributed by atoms with E-state index in [2.05, 4.69) is 42.3 Å². The Labute approximate surface area is 185 Å². The molecule has 0 aliphatic heterocycles. The second-order valence-electron chi connectivity index (χ2n) is 7.41. The molecule has 31 heavy (non-hydrogen) atoms. The largest absolute Gasteiger partial charge is 0.469 e. The van der Waals surface area contributed by atoms with Crippen LogP contribution in [-0.4, -0.2) is 33.5 Å². The summed E-state index contributed by atoms with van der Waals surface area (Å²) in [5, 5.41) is 4.45. The molecule has 0 unspecified atom stereocenters. The number of imidazole rings is 1. The van der Waals surface area contributed by atoms with Crippen molar-refractivity contribution >= 4 is 28.1 Å². The number of carbonyl (C=O) groups is 1. The molecule has 0 atom stereocenters. The summed E-state index contributed by atoms with van der Waals surface area (Å²) < 4.78 is 6.80. The third-order valence-electron chi connectivity index (χ3n) is 5.34. The Hall–Kier alpha value is -3.19. The zero-order chi connectivity index (χ0) is 21.8. The third-order valence-corrected chi connectivity index (χ3v) is 6.32. The van der Waals surface area contributed by atoms with E-state index >= 15 is 0 Å². The van der Waals surface area contributed by atoms with Gasteiger partial charge in [0.25, 0.3) is 0 Å². The number of thiazole rings is 1. The fourth-order valence-corrected chi connectivity index (χ4v) is 4.44. The lowest BCUT2D eigenvalue weighted by atomic mass is 10.0. The number of fused-ring (bicyclic) bond motifs is 1. The molecular formula is C24H26N4O2S. The lowest BCUT2D eigenvalue weighted by molar-refractivity contribution is -0.139. The van der Waals surface area contributed by atoms with E-state index in [4.69, 9.17) is 9.72 Å². The highest BCUT2D eigenvalue weighted by Gasteiger charge is 2.15. The zero-order valence-corrected chi connectivity index (χ0v) is 18.8. The molecule has 6 nitrogen and oxygen atoms in total. The molecular weight excluding hydrogens is 408 g/mol. The minimum atomic E-state index is -0.301. The molecule has 0 aliphatic rings. The van der Waals surface area contributed by atoms with Crippen LogP contribution in [0.25, 0.3) is 27.2 Å². The molecule has 4 rings (SSSR count). The Balaban J connectivity index is 1.78. The molecule has 0 spiro atoms. The number of carbonyl (C=O) groups excluding carboxylic acids is 1. The molecule has 160 valence electrons. The van der Waals surface area contributed by atoms with Gasteiger partial charge < -0.3 is 14.5 Å². The van der Waals surface area contributed by atoms with Crippen molar-refractivity contribution in [3.05, 3.63) is 60.7 Å². The van der Waals surface area contributed by atoms with Crippen LogP contribution in [0.15, 0.2) is 55.0 Å². The molecule has 4 aromatic rings. The highest BCUT2D eigenvalue weighted by Crippen LogP contribution is 2.34. The van der Waals surface area contributed by atoms with Crippen LogP contribution in [0.1, 0.15) is 32.4 Å². The Morgan fingerprint density at radius 2 is 1.94 bits per heavy atom. The van der Waals surface area contributed by atoms with Gasteiger partial charge >= 0.3 is 5.97 Å². The van der Waals surface area contributed by atoms with E-state index in [1.165, 1.54) is 7.11 Å². The van der Waals surface area contributed by atoms with E-state index in [0.29, 0.717) is 11.7 Å². The van der Waals surface area contributed by atoms with E-state index in [9.17, 15) is 4.79 Å². The summed E-state index contributed by atoms with van der Waals surface area (Å²) >= 11 is 1.65. The number of methoxy groups -OCH3 is 1. The molecule has 0 saturated heterocycles. The molecule has 0 radical (unpaired) electrons. The quantitative estimate of drug-likeness (QED) is 0.374. The van der Waals surface area contributed by atoms with E-state index in [1.807, 2.05) is 41.2 Å². The molecule has 0 amide bonds. The Morgan fingerprint density at radius 1 is 1.16 bits per heavy atom. The normalized spacial score (nSPS) is 11.2. The number of nitrogens with one attached hydrogen (secondary N) is 1. The Bertz CT molecular complexity index is 1180. The van der Waals surface area contributed by atoms with Crippen LogP contribution in [0.5, 0.6) is 0 Å². The van der Waals surface area contributed by atoms with Gasteiger partial charge in [-0.25, -0.2) is 9.97 Å². The van der Waals surface area contributed by atoms with Crippen LogP contribution in [0.2, 0.25) is 0 Å². The molecule has 0 saturated carbocycles. The summed E-state index contributed by atoms with van der Waals surface area (Å²) in [6.45, 7) is 4.36. The van der Waals surface area contributed by atoms with E-state index in [-0.39, 0.29) is 12.4 Å². The first kappa shape index (κ1) is 21.1. The molecule has 0 fully saturated rings. The first-order valence-electron chi connectivity index (χ1n) is 10.5. The van der Waals surface area contributed by atoms with Crippen molar-refractivity contribution in [2.24, 2.45) is 0 Å². The van der Waals surface area contributed by atoms with Crippen molar-refractivity contribution in [1.29, 1.82) is 0 Å². The summed E-state index contributed by atoms with van der Waals surface area (Å²) in [6.07, 6.45) is 8.13. The number of anilines is 1. The van der Waals surface area contributed by atoms with Gasteiger partial charge in [-0.3, -0.25) is 4.79 Å². The number of ether oxygens (including phenoxy) is 1. The van der Waals surface area contributed by atoms with Crippen molar-refractivity contribution in [3.8, 4) is 21.6 Å². The van der Waals surface area contributed by atoms with E-state index in [0.717, 1.165) is 45.2 Å². The highest BCUT2D eigenvalue weighted by molar-refractivity contribution is 7.18.